The highest BCUT2D eigenvalue weighted by molar-refractivity contribution is 5.91. The summed E-state index contributed by atoms with van der Waals surface area (Å²) in [7, 11) is 0. The van der Waals surface area contributed by atoms with Crippen molar-refractivity contribution in [1.29, 1.82) is 0 Å². The van der Waals surface area contributed by atoms with E-state index in [1.165, 1.54) is 0 Å². The van der Waals surface area contributed by atoms with Crippen LogP contribution in [0.3, 0.4) is 0 Å². The van der Waals surface area contributed by atoms with Crippen LogP contribution in [0, 0.1) is 0 Å². The number of hydrogen-bond acceptors (Lipinski definition) is 6. The third-order valence-corrected chi connectivity index (χ3v) is 5.56. The first-order chi connectivity index (χ1) is 12.7. The molecule has 0 amide bonds. The first-order valence-electron chi connectivity index (χ1n) is 9.41. The molecule has 140 valence electrons. The molecule has 1 atom stereocenters. The van der Waals surface area contributed by atoms with Crippen LogP contribution in [0.4, 0.5) is 15.9 Å². The second kappa shape index (κ2) is 7.72. The van der Waals surface area contributed by atoms with Gasteiger partial charge in [0.25, 0.3) is 0 Å². The highest BCUT2D eigenvalue weighted by Gasteiger charge is 2.30. The maximum atomic E-state index is 12.9. The number of anilines is 2. The second-order valence-corrected chi connectivity index (χ2v) is 7.29. The van der Waals surface area contributed by atoms with Crippen molar-refractivity contribution < 1.29 is 9.13 Å². The lowest BCUT2D eigenvalue weighted by Gasteiger charge is -2.41. The molecular weight excluding hydrogens is 333 g/mol. The maximum Gasteiger partial charge on any atom is 0.137 e. The minimum absolute atomic E-state index is 0.252. The molecular formula is C19H26FN5O. The number of rotatable bonds is 4. The first-order valence-corrected chi connectivity index (χ1v) is 9.41. The van der Waals surface area contributed by atoms with E-state index in [1.54, 1.807) is 6.33 Å². The normalized spacial score (nSPS) is 27.5. The van der Waals surface area contributed by atoms with Crippen LogP contribution in [0.1, 0.15) is 25.7 Å². The highest BCUT2D eigenvalue weighted by Crippen LogP contribution is 2.29. The molecule has 26 heavy (non-hydrogen) atoms. The molecule has 2 aromatic rings. The Morgan fingerprint density at radius 3 is 2.88 bits per heavy atom. The zero-order valence-corrected chi connectivity index (χ0v) is 14.9. The van der Waals surface area contributed by atoms with Crippen molar-refractivity contribution in [3.05, 3.63) is 24.5 Å². The molecule has 2 aliphatic rings. The second-order valence-electron chi connectivity index (χ2n) is 7.29. The van der Waals surface area contributed by atoms with Gasteiger partial charge in [-0.05, 0) is 43.9 Å². The minimum Gasteiger partial charge on any atom is -0.399 e. The average molecular weight is 359 g/mol. The van der Waals surface area contributed by atoms with E-state index in [0.717, 1.165) is 55.5 Å². The van der Waals surface area contributed by atoms with E-state index in [4.69, 9.17) is 10.5 Å². The third kappa shape index (κ3) is 3.73. The van der Waals surface area contributed by atoms with Crippen molar-refractivity contribution in [2.45, 2.75) is 43.9 Å². The van der Waals surface area contributed by atoms with Gasteiger partial charge in [-0.1, -0.05) is 0 Å². The van der Waals surface area contributed by atoms with Crippen LogP contribution in [0.5, 0.6) is 0 Å². The molecule has 7 heteroatoms. The molecule has 2 fully saturated rings. The van der Waals surface area contributed by atoms with Crippen molar-refractivity contribution in [1.82, 2.24) is 14.9 Å². The van der Waals surface area contributed by atoms with E-state index < -0.39 is 6.67 Å². The van der Waals surface area contributed by atoms with Gasteiger partial charge in [-0.25, -0.2) is 14.4 Å². The molecule has 0 spiro atoms. The molecule has 1 aliphatic carbocycles. The molecule has 4 rings (SSSR count). The van der Waals surface area contributed by atoms with Crippen LogP contribution in [-0.2, 0) is 4.74 Å². The van der Waals surface area contributed by atoms with Crippen LogP contribution in [-0.4, -0.2) is 59.4 Å². The van der Waals surface area contributed by atoms with Crippen LogP contribution in [0.25, 0.3) is 10.9 Å². The zero-order chi connectivity index (χ0) is 17.9. The molecule has 2 heterocycles. The number of halogens is 1. The topological polar surface area (TPSA) is 76.3 Å². The summed E-state index contributed by atoms with van der Waals surface area (Å²) in [5, 5.41) is 4.55. The maximum absolute atomic E-state index is 12.9. The summed E-state index contributed by atoms with van der Waals surface area (Å²) in [6.45, 7) is 1.88. The Balaban J connectivity index is 1.38. The molecule has 1 unspecified atom stereocenters. The number of ether oxygens (including phenoxy) is 1. The molecule has 1 saturated carbocycles. The molecule has 0 radical (unpaired) electrons. The van der Waals surface area contributed by atoms with E-state index in [9.17, 15) is 4.39 Å². The Morgan fingerprint density at radius 2 is 2.08 bits per heavy atom. The molecule has 1 aliphatic heterocycles. The number of hydrogen-bond donors (Lipinski definition) is 2. The van der Waals surface area contributed by atoms with Crippen molar-refractivity contribution >= 4 is 22.4 Å². The number of nitrogens with zero attached hydrogens (tertiary/aromatic N) is 3. The van der Waals surface area contributed by atoms with Crippen molar-refractivity contribution in [2.24, 2.45) is 0 Å². The number of fused-ring (bicyclic) bond motifs is 1. The predicted molar refractivity (Wildman–Crippen MR) is 101 cm³/mol. The van der Waals surface area contributed by atoms with Gasteiger partial charge in [0.1, 0.15) is 18.8 Å². The van der Waals surface area contributed by atoms with Gasteiger partial charge < -0.3 is 15.8 Å². The fraction of sp³-hybridized carbons (Fsp3) is 0.579. The van der Waals surface area contributed by atoms with E-state index in [1.807, 2.05) is 18.2 Å². The first kappa shape index (κ1) is 17.4. The van der Waals surface area contributed by atoms with Crippen LogP contribution < -0.4 is 11.1 Å². The lowest BCUT2D eigenvalue weighted by Crippen LogP contribution is -2.50. The summed E-state index contributed by atoms with van der Waals surface area (Å²) in [5.74, 6) is 0.856. The van der Waals surface area contributed by atoms with Gasteiger partial charge in [-0.2, -0.15) is 0 Å². The minimum atomic E-state index is -0.392. The molecule has 1 saturated heterocycles. The van der Waals surface area contributed by atoms with Crippen molar-refractivity contribution in [2.75, 3.05) is 37.4 Å². The molecule has 6 nitrogen and oxygen atoms in total. The lowest BCUT2D eigenvalue weighted by molar-refractivity contribution is -0.0568. The smallest absolute Gasteiger partial charge is 0.137 e. The summed E-state index contributed by atoms with van der Waals surface area (Å²) in [4.78, 5) is 11.1. The van der Waals surface area contributed by atoms with Crippen LogP contribution in [0.15, 0.2) is 24.5 Å². The number of morpholine rings is 1. The monoisotopic (exact) mass is 359 g/mol. The summed E-state index contributed by atoms with van der Waals surface area (Å²) >= 11 is 0. The predicted octanol–water partition coefficient (Wildman–Crippen LogP) is 2.61. The number of benzene rings is 1. The number of aromatic nitrogens is 2. The molecule has 1 aromatic carbocycles. The summed E-state index contributed by atoms with van der Waals surface area (Å²) in [6.07, 6.45) is 5.73. The molecule has 0 bridgehead atoms. The fourth-order valence-corrected chi connectivity index (χ4v) is 4.14. The SMILES string of the molecule is Nc1ccc2ncnc(N[C@H]3CC[C@H](N4CCOC(CF)C4)CC3)c2c1. The third-order valence-electron chi connectivity index (χ3n) is 5.56. The number of alkyl halides is 1. The Kier molecular flexibility index (Phi) is 5.17. The zero-order valence-electron chi connectivity index (χ0n) is 14.9. The van der Waals surface area contributed by atoms with Gasteiger partial charge in [-0.3, -0.25) is 4.90 Å². The Morgan fingerprint density at radius 1 is 1.23 bits per heavy atom. The van der Waals surface area contributed by atoms with Crippen molar-refractivity contribution in [3.8, 4) is 0 Å². The summed E-state index contributed by atoms with van der Waals surface area (Å²) in [5.41, 5.74) is 7.54. The van der Waals surface area contributed by atoms with Gasteiger partial charge in [0.05, 0.1) is 18.2 Å². The van der Waals surface area contributed by atoms with E-state index in [-0.39, 0.29) is 6.10 Å². The largest absolute Gasteiger partial charge is 0.399 e. The van der Waals surface area contributed by atoms with Crippen molar-refractivity contribution in [3.63, 3.8) is 0 Å². The van der Waals surface area contributed by atoms with Gasteiger partial charge in [-0.15, -0.1) is 0 Å². The summed E-state index contributed by atoms with van der Waals surface area (Å²) < 4.78 is 18.3. The van der Waals surface area contributed by atoms with Crippen LogP contribution in [0.2, 0.25) is 0 Å². The van der Waals surface area contributed by atoms with Gasteiger partial charge in [0.15, 0.2) is 0 Å². The standard InChI is InChI=1S/C19H26FN5O/c20-10-16-11-25(7-8-26-16)15-4-2-14(3-5-15)24-19-17-9-13(21)1-6-18(17)22-12-23-19/h1,6,9,12,14-16H,2-5,7-8,10-11,21H2,(H,22,23,24)/t14-,15-,16?. The number of nitrogens with two attached hydrogens (primary N) is 1. The number of nitrogen functional groups attached to an aromatic ring is 1. The lowest BCUT2D eigenvalue weighted by atomic mass is 9.89. The quantitative estimate of drug-likeness (QED) is 0.817. The molecule has 3 N–H and O–H groups in total. The van der Waals surface area contributed by atoms with E-state index in [0.29, 0.717) is 24.4 Å². The van der Waals surface area contributed by atoms with Gasteiger partial charge >= 0.3 is 0 Å². The Bertz CT molecular complexity index is 750. The Labute approximate surface area is 152 Å². The highest BCUT2D eigenvalue weighted by atomic mass is 19.1. The van der Waals surface area contributed by atoms with E-state index >= 15 is 0 Å². The number of nitrogens with one attached hydrogen (secondary N) is 1. The van der Waals surface area contributed by atoms with E-state index in [2.05, 4.69) is 20.2 Å². The van der Waals surface area contributed by atoms with Gasteiger partial charge in [0.2, 0.25) is 0 Å². The van der Waals surface area contributed by atoms with Gasteiger partial charge in [0, 0.05) is 36.2 Å². The molecule has 1 aromatic heterocycles. The van der Waals surface area contributed by atoms with Crippen LogP contribution >= 0.6 is 0 Å². The Hall–Kier alpha value is -1.99. The fourth-order valence-electron chi connectivity index (χ4n) is 4.14. The average Bonchev–Trinajstić information content (AvgIpc) is 2.69. The summed E-state index contributed by atoms with van der Waals surface area (Å²) in [6, 6.07) is 6.63.